The highest BCUT2D eigenvalue weighted by Gasteiger charge is 2.32. The smallest absolute Gasteiger partial charge is 0.309 e. The molecular weight excluding hydrogens is 506 g/mol. The van der Waals surface area contributed by atoms with Gasteiger partial charge >= 0.3 is 5.97 Å². The second kappa shape index (κ2) is 10.9. The zero-order chi connectivity index (χ0) is 25.9. The fourth-order valence-electron chi connectivity index (χ4n) is 4.42. The number of benzene rings is 2. The van der Waals surface area contributed by atoms with Gasteiger partial charge in [-0.1, -0.05) is 29.8 Å². The second-order valence-electron chi connectivity index (χ2n) is 8.91. The summed E-state index contributed by atoms with van der Waals surface area (Å²) in [6.45, 7) is 2.98. The molecule has 2 aliphatic rings. The van der Waals surface area contributed by atoms with E-state index in [1.54, 1.807) is 54.3 Å². The summed E-state index contributed by atoms with van der Waals surface area (Å²) in [7, 11) is -3.64. The number of carbonyl (C=O) groups excluding carboxylic acids is 3. The second-order valence-corrected chi connectivity index (χ2v) is 11.4. The van der Waals surface area contributed by atoms with Gasteiger partial charge in [-0.05, 0) is 49.6 Å². The summed E-state index contributed by atoms with van der Waals surface area (Å²) in [5, 5.41) is 6.05. The molecule has 2 aromatic rings. The molecule has 0 unspecified atom stereocenters. The zero-order valence-corrected chi connectivity index (χ0v) is 21.4. The van der Waals surface area contributed by atoms with E-state index in [-0.39, 0.29) is 23.5 Å². The summed E-state index contributed by atoms with van der Waals surface area (Å²) >= 11 is 6.09. The predicted molar refractivity (Wildman–Crippen MR) is 137 cm³/mol. The largest absolute Gasteiger partial charge is 0.466 e. The highest BCUT2D eigenvalue weighted by Crippen LogP contribution is 2.30. The van der Waals surface area contributed by atoms with Crippen LogP contribution in [0, 0.1) is 5.92 Å². The van der Waals surface area contributed by atoms with Crippen molar-refractivity contribution >= 4 is 50.6 Å². The quantitative estimate of drug-likeness (QED) is 0.524. The van der Waals surface area contributed by atoms with Crippen molar-refractivity contribution in [3.8, 4) is 0 Å². The minimum atomic E-state index is -3.64. The number of piperidine rings is 1. The molecule has 0 bridgehead atoms. The highest BCUT2D eigenvalue weighted by atomic mass is 35.5. The van der Waals surface area contributed by atoms with Crippen molar-refractivity contribution < 1.29 is 27.5 Å². The molecule has 4 rings (SSSR count). The maximum Gasteiger partial charge on any atom is 0.309 e. The van der Waals surface area contributed by atoms with Crippen molar-refractivity contribution in [2.75, 3.05) is 36.1 Å². The monoisotopic (exact) mass is 533 g/mol. The SMILES string of the molecule is CCOC(=O)C1CCN(C(=O)c2ccc3c(c2)NC(=O)[C@@H](CS(=O)(=O)Cc2ccccc2Cl)N3)CC1. The predicted octanol–water partition coefficient (Wildman–Crippen LogP) is 3.10. The van der Waals surface area contributed by atoms with Crippen LogP contribution in [0.15, 0.2) is 42.5 Å². The van der Waals surface area contributed by atoms with Gasteiger partial charge in [-0.2, -0.15) is 0 Å². The number of anilines is 2. The maximum absolute atomic E-state index is 13.0. The molecular formula is C25H28ClN3O6S. The van der Waals surface area contributed by atoms with Crippen LogP contribution in [-0.2, 0) is 29.9 Å². The molecule has 11 heteroatoms. The van der Waals surface area contributed by atoms with Crippen LogP contribution in [0.25, 0.3) is 0 Å². The first-order valence-electron chi connectivity index (χ1n) is 11.8. The minimum absolute atomic E-state index is 0.196. The van der Waals surface area contributed by atoms with Gasteiger partial charge < -0.3 is 20.3 Å². The average Bonchev–Trinajstić information content (AvgIpc) is 2.85. The molecule has 36 heavy (non-hydrogen) atoms. The molecule has 192 valence electrons. The van der Waals surface area contributed by atoms with E-state index in [2.05, 4.69) is 10.6 Å². The van der Waals surface area contributed by atoms with Crippen LogP contribution >= 0.6 is 11.6 Å². The van der Waals surface area contributed by atoms with Crippen LogP contribution < -0.4 is 10.6 Å². The third kappa shape index (κ3) is 5.99. The van der Waals surface area contributed by atoms with E-state index >= 15 is 0 Å². The Morgan fingerprint density at radius 2 is 1.83 bits per heavy atom. The molecule has 1 saturated heterocycles. The van der Waals surface area contributed by atoms with E-state index in [1.165, 1.54) is 0 Å². The van der Waals surface area contributed by atoms with E-state index in [1.807, 2.05) is 0 Å². The number of carbonyl (C=O) groups is 3. The van der Waals surface area contributed by atoms with Crippen LogP contribution in [0.3, 0.4) is 0 Å². The number of sulfone groups is 1. The van der Waals surface area contributed by atoms with Gasteiger partial charge in [0.05, 0.1) is 35.4 Å². The average molecular weight is 534 g/mol. The van der Waals surface area contributed by atoms with Gasteiger partial charge in [0.25, 0.3) is 5.91 Å². The lowest BCUT2D eigenvalue weighted by atomic mass is 9.96. The Bertz CT molecular complexity index is 1270. The summed E-state index contributed by atoms with van der Waals surface area (Å²) in [5.74, 6) is -1.79. The first-order valence-corrected chi connectivity index (χ1v) is 14.0. The Morgan fingerprint density at radius 3 is 2.53 bits per heavy atom. The third-order valence-corrected chi connectivity index (χ3v) is 8.29. The fourth-order valence-corrected chi connectivity index (χ4v) is 6.29. The van der Waals surface area contributed by atoms with Gasteiger partial charge in [-0.25, -0.2) is 8.42 Å². The van der Waals surface area contributed by atoms with Gasteiger partial charge in [0.15, 0.2) is 9.84 Å². The van der Waals surface area contributed by atoms with Gasteiger partial charge in [0.2, 0.25) is 5.91 Å². The van der Waals surface area contributed by atoms with Crippen molar-refractivity contribution in [3.63, 3.8) is 0 Å². The van der Waals surface area contributed by atoms with E-state index in [0.29, 0.717) is 60.1 Å². The highest BCUT2D eigenvalue weighted by molar-refractivity contribution is 7.90. The first-order chi connectivity index (χ1) is 17.2. The molecule has 2 heterocycles. The number of likely N-dealkylation sites (tertiary alicyclic amines) is 1. The number of halogens is 1. The van der Waals surface area contributed by atoms with Crippen LogP contribution in [0.2, 0.25) is 5.02 Å². The van der Waals surface area contributed by atoms with E-state index in [4.69, 9.17) is 16.3 Å². The first kappa shape index (κ1) is 26.0. The number of amides is 2. The number of rotatable bonds is 7. The van der Waals surface area contributed by atoms with Gasteiger partial charge in [0, 0.05) is 23.7 Å². The van der Waals surface area contributed by atoms with Crippen LogP contribution in [0.5, 0.6) is 0 Å². The molecule has 0 saturated carbocycles. The summed E-state index contributed by atoms with van der Waals surface area (Å²) in [4.78, 5) is 39.3. The molecule has 0 radical (unpaired) electrons. The number of hydrogen-bond donors (Lipinski definition) is 2. The molecule has 0 spiro atoms. The molecule has 1 fully saturated rings. The maximum atomic E-state index is 13.0. The Morgan fingerprint density at radius 1 is 1.11 bits per heavy atom. The standard InChI is InChI=1S/C25H28ClN3O6S/c1-2-35-25(32)16-9-11-29(12-10-16)24(31)17-7-8-20-21(13-17)28-23(30)22(27-20)15-36(33,34)14-18-5-3-4-6-19(18)26/h3-8,13,16,22,27H,2,9-12,14-15H2,1H3,(H,28,30)/t22-/m1/s1. The van der Waals surface area contributed by atoms with Gasteiger partial charge in [-0.3, -0.25) is 14.4 Å². The van der Waals surface area contributed by atoms with E-state index < -0.39 is 27.5 Å². The van der Waals surface area contributed by atoms with Crippen LogP contribution in [-0.4, -0.2) is 62.6 Å². The van der Waals surface area contributed by atoms with Crippen molar-refractivity contribution in [3.05, 3.63) is 58.6 Å². The zero-order valence-electron chi connectivity index (χ0n) is 19.8. The molecule has 0 aliphatic carbocycles. The lowest BCUT2D eigenvalue weighted by Gasteiger charge is -2.31. The number of esters is 1. The Hall–Kier alpha value is -3.11. The van der Waals surface area contributed by atoms with Crippen LogP contribution in [0.4, 0.5) is 11.4 Å². The molecule has 2 aliphatic heterocycles. The molecule has 0 aromatic heterocycles. The topological polar surface area (TPSA) is 122 Å². The number of nitrogens with one attached hydrogen (secondary N) is 2. The third-order valence-electron chi connectivity index (χ3n) is 6.33. The summed E-state index contributed by atoms with van der Waals surface area (Å²) in [5.41, 5.74) is 1.82. The summed E-state index contributed by atoms with van der Waals surface area (Å²) in [6, 6.07) is 10.6. The molecule has 2 N–H and O–H groups in total. The lowest BCUT2D eigenvalue weighted by molar-refractivity contribution is -0.149. The van der Waals surface area contributed by atoms with Gasteiger partial charge in [-0.15, -0.1) is 0 Å². The van der Waals surface area contributed by atoms with Crippen molar-refractivity contribution in [2.24, 2.45) is 5.92 Å². The minimum Gasteiger partial charge on any atom is -0.466 e. The van der Waals surface area contributed by atoms with Crippen molar-refractivity contribution in [2.45, 2.75) is 31.6 Å². The summed E-state index contributed by atoms with van der Waals surface area (Å²) < 4.78 is 30.6. The molecule has 9 nitrogen and oxygen atoms in total. The number of nitrogens with zero attached hydrogens (tertiary/aromatic N) is 1. The van der Waals surface area contributed by atoms with Crippen molar-refractivity contribution in [1.29, 1.82) is 0 Å². The van der Waals surface area contributed by atoms with E-state index in [0.717, 1.165) is 0 Å². The van der Waals surface area contributed by atoms with E-state index in [9.17, 15) is 22.8 Å². The molecule has 1 atom stereocenters. The fraction of sp³-hybridized carbons (Fsp3) is 0.400. The number of hydrogen-bond acceptors (Lipinski definition) is 7. The molecule has 2 aromatic carbocycles. The molecule has 2 amide bonds. The normalized spacial score (nSPS) is 18.1. The lowest BCUT2D eigenvalue weighted by Crippen LogP contribution is -2.44. The number of fused-ring (bicyclic) bond motifs is 1. The Balaban J connectivity index is 1.39. The van der Waals surface area contributed by atoms with Crippen molar-refractivity contribution in [1.82, 2.24) is 4.90 Å². The Labute approximate surface area is 215 Å². The van der Waals surface area contributed by atoms with Crippen LogP contribution in [0.1, 0.15) is 35.7 Å². The van der Waals surface area contributed by atoms with Gasteiger partial charge in [0.1, 0.15) is 6.04 Å². The Kier molecular flexibility index (Phi) is 7.85. The summed E-state index contributed by atoms with van der Waals surface area (Å²) in [6.07, 6.45) is 1.08. The number of ether oxygens (including phenoxy) is 1.